The van der Waals surface area contributed by atoms with Crippen molar-refractivity contribution in [1.29, 1.82) is 0 Å². The molecular weight excluding hydrogens is 940 g/mol. The molecule has 5 nitrogen and oxygen atoms in total. The zero-order chi connectivity index (χ0) is 41.6. The summed E-state index contributed by atoms with van der Waals surface area (Å²) in [4.78, 5) is 7.48. The molecule has 6 heteroatoms. The van der Waals surface area contributed by atoms with E-state index in [2.05, 4.69) is 216 Å². The first-order chi connectivity index (χ1) is 30.6. The average molecular weight is 984 g/mol. The van der Waals surface area contributed by atoms with Crippen LogP contribution in [0.1, 0.15) is 42.7 Å². The fourth-order valence-electron chi connectivity index (χ4n) is 9.82. The molecule has 3 heterocycles. The third-order valence-electron chi connectivity index (χ3n) is 12.7. The maximum absolute atomic E-state index is 6.74. The fraction of sp³-hybridized carbons (Fsp3) is 0.143. The van der Waals surface area contributed by atoms with Crippen molar-refractivity contribution in [3.63, 3.8) is 0 Å². The van der Waals surface area contributed by atoms with Crippen molar-refractivity contribution in [2.24, 2.45) is 5.92 Å². The molecule has 11 rings (SSSR count). The SMILES string of the molecule is Cc1cc(N2CC3CCCCC3c3ccc(Oc4[c-]c(-n5[c](=[Pt])n(-c6c(-c7ccccc7)cccc6-c6ccccc6)c6ccccc65)ccc4)[c-]c32)ncc1-c1ccccc1. The average Bonchev–Trinajstić information content (AvgIpc) is 3.62. The molecule has 0 spiro atoms. The van der Waals surface area contributed by atoms with Crippen molar-refractivity contribution in [2.45, 2.75) is 38.5 Å². The monoisotopic (exact) mass is 983 g/mol. The van der Waals surface area contributed by atoms with Crippen molar-refractivity contribution < 1.29 is 24.1 Å². The smallest absolute Gasteiger partial charge is 0.0622 e. The summed E-state index contributed by atoms with van der Waals surface area (Å²) in [6, 6.07) is 67.4. The van der Waals surface area contributed by atoms with Gasteiger partial charge in [0.25, 0.3) is 0 Å². The number of imidazole rings is 1. The first kappa shape index (κ1) is 38.4. The Morgan fingerprint density at radius 1 is 0.597 bits per heavy atom. The van der Waals surface area contributed by atoms with Crippen LogP contribution in [0.4, 0.5) is 11.5 Å². The molecule has 2 aromatic heterocycles. The minimum absolute atomic E-state index is 0.519. The molecule has 2 atom stereocenters. The summed E-state index contributed by atoms with van der Waals surface area (Å²) in [5.74, 6) is 3.36. The predicted molar refractivity (Wildman–Crippen MR) is 247 cm³/mol. The van der Waals surface area contributed by atoms with E-state index in [4.69, 9.17) is 9.72 Å². The van der Waals surface area contributed by atoms with Crippen LogP contribution in [0, 0.1) is 28.8 Å². The van der Waals surface area contributed by atoms with Gasteiger partial charge in [0.15, 0.2) is 0 Å². The van der Waals surface area contributed by atoms with Crippen LogP contribution in [0.5, 0.6) is 11.5 Å². The zero-order valence-electron chi connectivity index (χ0n) is 34.4. The number of aromatic nitrogens is 3. The molecule has 0 amide bonds. The number of nitrogens with zero attached hydrogens (tertiary/aromatic N) is 4. The topological polar surface area (TPSA) is 35.2 Å². The number of rotatable bonds is 8. The van der Waals surface area contributed by atoms with E-state index in [1.54, 1.807) is 0 Å². The summed E-state index contributed by atoms with van der Waals surface area (Å²) in [7, 11) is 0. The van der Waals surface area contributed by atoms with Crippen molar-refractivity contribution in [3.8, 4) is 56.3 Å². The molecule has 1 aliphatic carbocycles. The predicted octanol–water partition coefficient (Wildman–Crippen LogP) is 14.0. The number of hydrogen-bond acceptors (Lipinski definition) is 3. The second kappa shape index (κ2) is 16.4. The van der Waals surface area contributed by atoms with Gasteiger partial charge in [-0.1, -0.05) is 43.2 Å². The molecule has 0 radical (unpaired) electrons. The molecule has 9 aromatic rings. The van der Waals surface area contributed by atoms with Crippen molar-refractivity contribution >= 4 is 22.5 Å². The van der Waals surface area contributed by atoms with E-state index < -0.39 is 0 Å². The summed E-state index contributed by atoms with van der Waals surface area (Å²) >= 11 is 2.49. The molecular formula is C56H44N4OPt-2. The third-order valence-corrected chi connectivity index (χ3v) is 13.7. The molecule has 7 aromatic carbocycles. The number of ether oxygens (including phenoxy) is 1. The van der Waals surface area contributed by atoms with E-state index >= 15 is 0 Å². The Morgan fingerprint density at radius 2 is 1.19 bits per heavy atom. The Hall–Kier alpha value is -6.55. The molecule has 0 bridgehead atoms. The van der Waals surface area contributed by atoms with E-state index in [1.165, 1.54) is 42.4 Å². The van der Waals surface area contributed by atoms with Crippen molar-refractivity contribution in [1.82, 2.24) is 14.1 Å². The number of anilines is 2. The number of hydrogen-bond donors (Lipinski definition) is 0. The zero-order valence-corrected chi connectivity index (χ0v) is 36.7. The van der Waals surface area contributed by atoms with Gasteiger partial charge in [0.05, 0.1) is 0 Å². The number of fused-ring (bicyclic) bond motifs is 4. The molecule has 0 saturated heterocycles. The van der Waals surface area contributed by atoms with Gasteiger partial charge in [0.2, 0.25) is 0 Å². The van der Waals surface area contributed by atoms with Crippen LogP contribution in [0.15, 0.2) is 176 Å². The van der Waals surface area contributed by atoms with Gasteiger partial charge in [-0.2, -0.15) is 0 Å². The Bertz CT molecular complexity index is 3080. The number of benzene rings is 7. The number of pyridine rings is 1. The second-order valence-corrected chi connectivity index (χ2v) is 17.5. The van der Waals surface area contributed by atoms with Crippen LogP contribution < -0.4 is 9.64 Å². The van der Waals surface area contributed by atoms with Gasteiger partial charge in [-0.15, -0.1) is 0 Å². The maximum atomic E-state index is 6.74. The number of aryl methyl sites for hydroxylation is 1. The van der Waals surface area contributed by atoms with Crippen LogP contribution in [0.3, 0.4) is 0 Å². The van der Waals surface area contributed by atoms with E-state index in [-0.39, 0.29) is 0 Å². The molecule has 2 unspecified atom stereocenters. The van der Waals surface area contributed by atoms with Crippen LogP contribution in [-0.2, 0) is 19.4 Å². The summed E-state index contributed by atoms with van der Waals surface area (Å²) in [5, 5.41) is 0. The molecule has 1 aliphatic heterocycles. The quantitative estimate of drug-likeness (QED) is 0.142. The summed E-state index contributed by atoms with van der Waals surface area (Å²) < 4.78 is 12.5. The van der Waals surface area contributed by atoms with Gasteiger partial charge >= 0.3 is 297 Å². The molecule has 0 N–H and O–H groups in total. The van der Waals surface area contributed by atoms with Crippen molar-refractivity contribution in [2.75, 3.05) is 11.4 Å². The summed E-state index contributed by atoms with van der Waals surface area (Å²) in [6.45, 7) is 3.11. The summed E-state index contributed by atoms with van der Waals surface area (Å²) in [6.07, 6.45) is 7.03. The molecule has 2 aliphatic rings. The Kier molecular flexibility index (Phi) is 10.1. The van der Waals surface area contributed by atoms with Gasteiger partial charge in [-0.3, -0.25) is 0 Å². The first-order valence-electron chi connectivity index (χ1n) is 21.6. The van der Waals surface area contributed by atoms with E-state index in [0.29, 0.717) is 23.3 Å². The third kappa shape index (κ3) is 6.95. The second-order valence-electron chi connectivity index (χ2n) is 16.4. The van der Waals surface area contributed by atoms with E-state index in [1.807, 2.05) is 12.3 Å². The van der Waals surface area contributed by atoms with Crippen LogP contribution in [0.25, 0.3) is 55.8 Å². The van der Waals surface area contributed by atoms with Crippen LogP contribution >= 0.6 is 0 Å². The van der Waals surface area contributed by atoms with Gasteiger partial charge < -0.3 is 0 Å². The van der Waals surface area contributed by atoms with Gasteiger partial charge in [-0.05, 0) is 24.5 Å². The Morgan fingerprint density at radius 3 is 1.87 bits per heavy atom. The minimum atomic E-state index is 0.519. The Balaban J connectivity index is 0.991. The Labute approximate surface area is 374 Å². The van der Waals surface area contributed by atoms with Crippen molar-refractivity contribution in [3.05, 3.63) is 203 Å². The molecule has 62 heavy (non-hydrogen) atoms. The standard InChI is InChI=1S/C56H44N4O.Pt/c1-39-33-55(57-36-51(39)42-21-9-4-10-22-42)58-37-43-23-11-12-26-47(43)50-32-31-46(35-54(50)58)61-45-25-15-24-44(34-45)59-38-60(53-30-14-13-29-52(53)59)56-48(40-17-5-2-6-18-40)27-16-28-49(56)41-19-7-3-8-20-41;/h2-10,13-22,24-25,27-33,36,43,47H,11-12,23,26,37H2,1H3;/q-2;. The first-order valence-corrected chi connectivity index (χ1v) is 22.7. The molecule has 1 saturated carbocycles. The minimum Gasteiger partial charge on any atom is -0.0622 e. The van der Waals surface area contributed by atoms with Gasteiger partial charge in [0.1, 0.15) is 0 Å². The van der Waals surface area contributed by atoms with Gasteiger partial charge in [0, 0.05) is 11.8 Å². The van der Waals surface area contributed by atoms with Gasteiger partial charge in [-0.25, -0.2) is 0 Å². The van der Waals surface area contributed by atoms with Crippen LogP contribution in [0.2, 0.25) is 0 Å². The fourth-order valence-corrected chi connectivity index (χ4v) is 10.9. The van der Waals surface area contributed by atoms with E-state index in [0.717, 1.165) is 72.1 Å². The number of para-hydroxylation sites is 3. The van der Waals surface area contributed by atoms with E-state index in [9.17, 15) is 0 Å². The normalized spacial score (nSPS) is 15.9. The molecule has 306 valence electrons. The molecule has 1 fully saturated rings. The summed E-state index contributed by atoms with van der Waals surface area (Å²) in [5.41, 5.74) is 14.8. The van der Waals surface area contributed by atoms with Crippen LogP contribution in [-0.4, -0.2) is 20.7 Å².